The summed E-state index contributed by atoms with van der Waals surface area (Å²) >= 11 is 1.32. The van der Waals surface area contributed by atoms with Gasteiger partial charge in [0.05, 0.1) is 0 Å². The Bertz CT molecular complexity index is 1060. The van der Waals surface area contributed by atoms with Crippen LogP contribution in [0.3, 0.4) is 0 Å². The van der Waals surface area contributed by atoms with Gasteiger partial charge in [-0.05, 0) is 31.5 Å². The summed E-state index contributed by atoms with van der Waals surface area (Å²) in [7, 11) is 0. The third kappa shape index (κ3) is 3.84. The molecule has 2 amide bonds. The lowest BCUT2D eigenvalue weighted by molar-refractivity contribution is -0.161. The lowest BCUT2D eigenvalue weighted by atomic mass is 9.94. The number of hydrogen-bond donors (Lipinski definition) is 2. The number of carbonyl (C=O) groups is 4. The van der Waals surface area contributed by atoms with E-state index in [2.05, 4.69) is 5.32 Å². The van der Waals surface area contributed by atoms with Crippen molar-refractivity contribution in [1.29, 1.82) is 0 Å². The number of β-lactam (4-membered cyclic amide) rings is 1. The van der Waals surface area contributed by atoms with Crippen LogP contribution in [0.15, 0.2) is 60.7 Å². The van der Waals surface area contributed by atoms with Crippen LogP contribution in [0.4, 0.5) is 0 Å². The van der Waals surface area contributed by atoms with Crippen LogP contribution in [-0.4, -0.2) is 56.0 Å². The maximum absolute atomic E-state index is 13.2. The molecule has 2 aliphatic heterocycles. The van der Waals surface area contributed by atoms with Gasteiger partial charge >= 0.3 is 11.9 Å². The Hall–Kier alpha value is -3.33. The number of carbonyl (C=O) groups excluding carboxylic acids is 3. The first-order valence-corrected chi connectivity index (χ1v) is 10.9. The molecule has 4 atom stereocenters. The van der Waals surface area contributed by atoms with Crippen LogP contribution in [0.2, 0.25) is 0 Å². The third-order valence-corrected chi connectivity index (χ3v) is 7.14. The lowest BCUT2D eigenvalue weighted by Gasteiger charge is -2.43. The number of para-hydroxylation sites is 1. The quantitative estimate of drug-likeness (QED) is 0.297. The van der Waals surface area contributed by atoms with E-state index in [0.29, 0.717) is 11.3 Å². The topological polar surface area (TPSA) is 113 Å². The fourth-order valence-electron chi connectivity index (χ4n) is 4.09. The third-order valence-electron chi connectivity index (χ3n) is 5.57. The summed E-state index contributed by atoms with van der Waals surface area (Å²) in [4.78, 5) is 51.8. The minimum Gasteiger partial charge on any atom is -0.480 e. The van der Waals surface area contributed by atoms with E-state index in [4.69, 9.17) is 4.74 Å². The Morgan fingerprint density at radius 2 is 1.66 bits per heavy atom. The second kappa shape index (κ2) is 8.31. The largest absolute Gasteiger partial charge is 0.480 e. The maximum Gasteiger partial charge on any atom is 0.328 e. The molecule has 0 radical (unpaired) electrons. The number of thioether (sulfide) groups is 1. The molecule has 2 fully saturated rings. The highest BCUT2D eigenvalue weighted by Crippen LogP contribution is 2.50. The number of hydrogen-bond acceptors (Lipinski definition) is 6. The van der Waals surface area contributed by atoms with E-state index in [1.165, 1.54) is 16.7 Å². The van der Waals surface area contributed by atoms with Crippen LogP contribution in [0.5, 0.6) is 5.75 Å². The number of benzene rings is 2. The average Bonchev–Trinajstić information content (AvgIpc) is 3.01. The van der Waals surface area contributed by atoms with Crippen molar-refractivity contribution in [2.45, 2.75) is 42.0 Å². The Balaban J connectivity index is 1.54. The minimum atomic E-state index is -1.28. The zero-order valence-electron chi connectivity index (χ0n) is 17.4. The molecule has 166 valence electrons. The van der Waals surface area contributed by atoms with Gasteiger partial charge in [-0.3, -0.25) is 14.4 Å². The van der Waals surface area contributed by atoms with Crippen molar-refractivity contribution >= 4 is 35.5 Å². The molecule has 0 aliphatic carbocycles. The van der Waals surface area contributed by atoms with Gasteiger partial charge in [0.25, 0.3) is 0 Å². The van der Waals surface area contributed by atoms with Gasteiger partial charge in [-0.2, -0.15) is 0 Å². The first kappa shape index (κ1) is 21.9. The summed E-state index contributed by atoms with van der Waals surface area (Å²) in [6, 6.07) is 15.0. The number of fused-ring (bicyclic) bond motifs is 1. The molecule has 2 aromatic carbocycles. The molecule has 0 bridgehead atoms. The van der Waals surface area contributed by atoms with Crippen molar-refractivity contribution in [1.82, 2.24) is 10.2 Å². The molecule has 2 heterocycles. The highest BCUT2D eigenvalue weighted by molar-refractivity contribution is 8.01. The van der Waals surface area contributed by atoms with Gasteiger partial charge in [-0.15, -0.1) is 11.8 Å². The fourth-order valence-corrected chi connectivity index (χ4v) is 5.71. The van der Waals surface area contributed by atoms with Crippen molar-refractivity contribution in [2.75, 3.05) is 0 Å². The molecule has 0 saturated carbocycles. The van der Waals surface area contributed by atoms with Crippen LogP contribution >= 0.6 is 11.8 Å². The summed E-state index contributed by atoms with van der Waals surface area (Å²) in [5, 5.41) is 11.7. The zero-order valence-corrected chi connectivity index (χ0v) is 18.2. The van der Waals surface area contributed by atoms with Gasteiger partial charge in [0.2, 0.25) is 11.8 Å². The Morgan fingerprint density at radius 1 is 1.06 bits per heavy atom. The van der Waals surface area contributed by atoms with Crippen LogP contribution < -0.4 is 10.1 Å². The summed E-state index contributed by atoms with van der Waals surface area (Å²) < 4.78 is 4.69. The van der Waals surface area contributed by atoms with Crippen LogP contribution in [0, 0.1) is 0 Å². The number of esters is 1. The van der Waals surface area contributed by atoms with Gasteiger partial charge in [0.1, 0.15) is 23.2 Å². The lowest BCUT2D eigenvalue weighted by Crippen LogP contribution is -2.71. The Labute approximate surface area is 188 Å². The van der Waals surface area contributed by atoms with E-state index in [1.807, 2.05) is 0 Å². The molecule has 2 aromatic rings. The van der Waals surface area contributed by atoms with Gasteiger partial charge in [-0.25, -0.2) is 4.79 Å². The molecule has 8 nitrogen and oxygen atoms in total. The first-order valence-electron chi connectivity index (χ1n) is 10.1. The van der Waals surface area contributed by atoms with Crippen LogP contribution in [0.1, 0.15) is 25.3 Å². The number of ether oxygens (including phenoxy) is 1. The maximum atomic E-state index is 13.2. The number of carboxylic acid groups (broad SMARTS) is 1. The standard InChI is InChI=1S/C23H22N2O6S/c1-23(2)17(21(28)29)25-19(27)16(20(25)32-23)24-18(26)15(13-9-5-3-6-10-13)22(30)31-14-11-7-4-8-12-14/h3-12,15-17,20H,1-2H3,(H,24,26)(H,28,29)/t15?,16?,17?,20-/m0/s1. The van der Waals surface area contributed by atoms with Crippen LogP contribution in [0.25, 0.3) is 0 Å². The molecule has 2 aliphatic rings. The van der Waals surface area contributed by atoms with E-state index in [-0.39, 0.29) is 0 Å². The molecule has 0 aromatic heterocycles. The van der Waals surface area contributed by atoms with Gasteiger partial charge in [-0.1, -0.05) is 48.5 Å². The van der Waals surface area contributed by atoms with E-state index < -0.39 is 51.9 Å². The number of nitrogens with one attached hydrogen (secondary N) is 1. The average molecular weight is 455 g/mol. The highest BCUT2D eigenvalue weighted by Gasteiger charge is 2.64. The van der Waals surface area contributed by atoms with Crippen molar-refractivity contribution in [2.24, 2.45) is 0 Å². The van der Waals surface area contributed by atoms with Crippen molar-refractivity contribution in [3.8, 4) is 5.75 Å². The van der Waals surface area contributed by atoms with Crippen molar-refractivity contribution < 1.29 is 29.0 Å². The summed E-state index contributed by atoms with van der Waals surface area (Å²) in [5.41, 5.74) is 0.428. The van der Waals surface area contributed by atoms with Gasteiger partial charge < -0.3 is 20.1 Å². The molecular weight excluding hydrogens is 432 g/mol. The molecule has 2 N–H and O–H groups in total. The summed E-state index contributed by atoms with van der Waals surface area (Å²) in [6.45, 7) is 3.51. The SMILES string of the molecule is CC1(C)S[C@H]2C(NC(=O)C(C(=O)Oc3ccccc3)c3ccccc3)C(=O)N2C1C(=O)O. The van der Waals surface area contributed by atoms with E-state index in [9.17, 15) is 24.3 Å². The minimum absolute atomic E-state index is 0.300. The van der Waals surface area contributed by atoms with E-state index >= 15 is 0 Å². The smallest absolute Gasteiger partial charge is 0.328 e. The van der Waals surface area contributed by atoms with Gasteiger partial charge in [0.15, 0.2) is 5.92 Å². The monoisotopic (exact) mass is 454 g/mol. The fraction of sp³-hybridized carbons (Fsp3) is 0.304. The predicted molar refractivity (Wildman–Crippen MR) is 117 cm³/mol. The predicted octanol–water partition coefficient (Wildman–Crippen LogP) is 2.01. The van der Waals surface area contributed by atoms with Crippen molar-refractivity contribution in [3.05, 3.63) is 66.2 Å². The number of amides is 2. The second-order valence-corrected chi connectivity index (χ2v) is 9.93. The first-order chi connectivity index (χ1) is 15.2. The van der Waals surface area contributed by atoms with Crippen molar-refractivity contribution in [3.63, 3.8) is 0 Å². The molecule has 0 spiro atoms. The molecule has 2 saturated heterocycles. The molecule has 9 heteroatoms. The second-order valence-electron chi connectivity index (χ2n) is 8.16. The van der Waals surface area contributed by atoms with E-state index in [1.54, 1.807) is 74.5 Å². The normalized spacial score (nSPS) is 24.1. The Morgan fingerprint density at radius 3 is 2.25 bits per heavy atom. The molecule has 4 rings (SSSR count). The molecule has 32 heavy (non-hydrogen) atoms. The van der Waals surface area contributed by atoms with Gasteiger partial charge in [0, 0.05) is 4.75 Å². The number of aliphatic carboxylic acids is 1. The number of rotatable bonds is 6. The van der Waals surface area contributed by atoms with Crippen LogP contribution in [-0.2, 0) is 19.2 Å². The number of nitrogens with zero attached hydrogens (tertiary/aromatic N) is 1. The van der Waals surface area contributed by atoms with E-state index in [0.717, 1.165) is 0 Å². The summed E-state index contributed by atoms with van der Waals surface area (Å²) in [6.07, 6.45) is 0. The number of carboxylic acids is 1. The highest BCUT2D eigenvalue weighted by atomic mass is 32.2. The summed E-state index contributed by atoms with van der Waals surface area (Å²) in [5.74, 6) is -3.99. The Kier molecular flexibility index (Phi) is 5.68. The molecular formula is C23H22N2O6S. The molecule has 3 unspecified atom stereocenters. The zero-order chi connectivity index (χ0) is 23.0.